The van der Waals surface area contributed by atoms with Crippen molar-refractivity contribution in [3.63, 3.8) is 0 Å². The second-order valence-electron chi connectivity index (χ2n) is 4.58. The van der Waals surface area contributed by atoms with Crippen molar-refractivity contribution in [3.8, 4) is 0 Å². The molecule has 1 heterocycles. The fourth-order valence-electron chi connectivity index (χ4n) is 2.22. The van der Waals surface area contributed by atoms with Gasteiger partial charge in [-0.3, -0.25) is 4.79 Å². The molecule has 1 aliphatic rings. The van der Waals surface area contributed by atoms with E-state index < -0.39 is 0 Å². The molecule has 0 saturated carbocycles. The Bertz CT molecular complexity index is 651. The van der Waals surface area contributed by atoms with E-state index in [-0.39, 0.29) is 5.78 Å². The van der Waals surface area contributed by atoms with Crippen LogP contribution in [-0.2, 0) is 12.8 Å². The number of benzene rings is 1. The summed E-state index contributed by atoms with van der Waals surface area (Å²) >= 11 is 13.5. The SMILES string of the molecule is O=C1CCCc2sc(Cc3ccc(Cl)c(Cl)c3)nc21. The van der Waals surface area contributed by atoms with Crippen LogP contribution in [0.1, 0.15) is 38.8 Å². The molecule has 1 aliphatic carbocycles. The summed E-state index contributed by atoms with van der Waals surface area (Å²) in [5.41, 5.74) is 1.75. The topological polar surface area (TPSA) is 30.0 Å². The van der Waals surface area contributed by atoms with Gasteiger partial charge in [0.2, 0.25) is 0 Å². The highest BCUT2D eigenvalue weighted by molar-refractivity contribution is 7.12. The second kappa shape index (κ2) is 5.23. The molecule has 2 aromatic rings. The van der Waals surface area contributed by atoms with E-state index in [1.54, 1.807) is 17.4 Å². The van der Waals surface area contributed by atoms with E-state index in [0.29, 0.717) is 28.6 Å². The highest BCUT2D eigenvalue weighted by Crippen LogP contribution is 2.29. The third-order valence-corrected chi connectivity index (χ3v) is 5.01. The molecule has 0 spiro atoms. The van der Waals surface area contributed by atoms with Crippen LogP contribution in [0.5, 0.6) is 0 Å². The largest absolute Gasteiger partial charge is 0.292 e. The Morgan fingerprint density at radius 1 is 1.21 bits per heavy atom. The molecule has 1 aromatic carbocycles. The van der Waals surface area contributed by atoms with Gasteiger partial charge in [-0.2, -0.15) is 0 Å². The lowest BCUT2D eigenvalue weighted by molar-refractivity contribution is 0.0968. The quantitative estimate of drug-likeness (QED) is 0.813. The number of nitrogens with zero attached hydrogens (tertiary/aromatic N) is 1. The molecule has 0 fully saturated rings. The average molecular weight is 312 g/mol. The molecule has 0 atom stereocenters. The van der Waals surface area contributed by atoms with Gasteiger partial charge in [-0.25, -0.2) is 4.98 Å². The first-order chi connectivity index (χ1) is 9.13. The van der Waals surface area contributed by atoms with Gasteiger partial charge in [0, 0.05) is 17.7 Å². The van der Waals surface area contributed by atoms with E-state index >= 15 is 0 Å². The third-order valence-electron chi connectivity index (χ3n) is 3.15. The minimum atomic E-state index is 0.179. The molecule has 0 aliphatic heterocycles. The van der Waals surface area contributed by atoms with Gasteiger partial charge in [-0.15, -0.1) is 11.3 Å². The number of hydrogen-bond donors (Lipinski definition) is 0. The zero-order valence-electron chi connectivity index (χ0n) is 10.1. The Morgan fingerprint density at radius 3 is 2.79 bits per heavy atom. The molecule has 98 valence electrons. The molecular formula is C14H11Cl2NOS. The van der Waals surface area contributed by atoms with Crippen molar-refractivity contribution >= 4 is 40.3 Å². The number of carbonyl (C=O) groups excluding carboxylic acids is 1. The maximum absolute atomic E-state index is 11.8. The molecule has 5 heteroatoms. The average Bonchev–Trinajstić information content (AvgIpc) is 2.78. The number of halogens is 2. The number of carbonyl (C=O) groups is 1. The zero-order valence-corrected chi connectivity index (χ0v) is 12.4. The second-order valence-corrected chi connectivity index (χ2v) is 6.56. The monoisotopic (exact) mass is 311 g/mol. The molecule has 2 nitrogen and oxygen atoms in total. The summed E-state index contributed by atoms with van der Waals surface area (Å²) in [5, 5.41) is 2.08. The number of thiazole rings is 1. The summed E-state index contributed by atoms with van der Waals surface area (Å²) in [6, 6.07) is 5.58. The number of Topliss-reactive ketones (excluding diaryl/α,β-unsaturated/α-hetero) is 1. The number of hydrogen-bond acceptors (Lipinski definition) is 3. The summed E-state index contributed by atoms with van der Waals surface area (Å²) in [5.74, 6) is 0.179. The Hall–Kier alpha value is -0.900. The molecule has 0 unspecified atom stereocenters. The van der Waals surface area contributed by atoms with E-state index in [0.717, 1.165) is 28.3 Å². The lowest BCUT2D eigenvalue weighted by Gasteiger charge is -2.06. The van der Waals surface area contributed by atoms with Gasteiger partial charge >= 0.3 is 0 Å². The van der Waals surface area contributed by atoms with Crippen molar-refractivity contribution < 1.29 is 4.79 Å². The third kappa shape index (κ3) is 2.69. The van der Waals surface area contributed by atoms with Crippen molar-refractivity contribution in [2.45, 2.75) is 25.7 Å². The maximum atomic E-state index is 11.8. The summed E-state index contributed by atoms with van der Waals surface area (Å²) < 4.78 is 0. The summed E-state index contributed by atoms with van der Waals surface area (Å²) in [6.45, 7) is 0. The number of ketones is 1. The van der Waals surface area contributed by atoms with Crippen molar-refractivity contribution in [2.24, 2.45) is 0 Å². The highest BCUT2D eigenvalue weighted by Gasteiger charge is 2.22. The van der Waals surface area contributed by atoms with Crippen LogP contribution in [0.15, 0.2) is 18.2 Å². The summed E-state index contributed by atoms with van der Waals surface area (Å²) in [7, 11) is 0. The Morgan fingerprint density at radius 2 is 2.05 bits per heavy atom. The van der Waals surface area contributed by atoms with Gasteiger partial charge in [0.15, 0.2) is 5.78 Å². The predicted octanol–water partition coefficient (Wildman–Crippen LogP) is 4.56. The minimum Gasteiger partial charge on any atom is -0.292 e. The summed E-state index contributed by atoms with van der Waals surface area (Å²) in [6.07, 6.45) is 3.24. The van der Waals surface area contributed by atoms with Gasteiger partial charge in [0.25, 0.3) is 0 Å². The number of aryl methyl sites for hydroxylation is 1. The van der Waals surface area contributed by atoms with Crippen molar-refractivity contribution in [2.75, 3.05) is 0 Å². The smallest absolute Gasteiger partial charge is 0.182 e. The minimum absolute atomic E-state index is 0.179. The van der Waals surface area contributed by atoms with Gasteiger partial charge in [-0.1, -0.05) is 29.3 Å². The lowest BCUT2D eigenvalue weighted by Crippen LogP contribution is -2.08. The van der Waals surface area contributed by atoms with Crippen LogP contribution in [0, 0.1) is 0 Å². The van der Waals surface area contributed by atoms with E-state index in [1.165, 1.54) is 0 Å². The van der Waals surface area contributed by atoms with Crippen molar-refractivity contribution in [1.29, 1.82) is 0 Å². The van der Waals surface area contributed by atoms with E-state index in [2.05, 4.69) is 4.98 Å². The van der Waals surface area contributed by atoms with Crippen LogP contribution >= 0.6 is 34.5 Å². The normalized spacial score (nSPS) is 14.5. The Labute approximate surface area is 125 Å². The van der Waals surface area contributed by atoms with Crippen LogP contribution in [0.4, 0.5) is 0 Å². The van der Waals surface area contributed by atoms with E-state index in [9.17, 15) is 4.79 Å². The molecule has 1 aromatic heterocycles. The summed E-state index contributed by atoms with van der Waals surface area (Å²) in [4.78, 5) is 17.4. The molecular weight excluding hydrogens is 301 g/mol. The Balaban J connectivity index is 1.87. The standard InChI is InChI=1S/C14H11Cl2NOS/c15-9-5-4-8(6-10(9)16)7-13-17-14-11(18)2-1-3-12(14)19-13/h4-6H,1-3,7H2. The van der Waals surface area contributed by atoms with E-state index in [1.807, 2.05) is 12.1 Å². The van der Waals surface area contributed by atoms with E-state index in [4.69, 9.17) is 23.2 Å². The lowest BCUT2D eigenvalue weighted by atomic mass is 10.0. The predicted molar refractivity (Wildman–Crippen MR) is 78.7 cm³/mol. The first kappa shape index (κ1) is 13.1. The fourth-order valence-corrected chi connectivity index (χ4v) is 3.70. The van der Waals surface area contributed by atoms with Crippen molar-refractivity contribution in [1.82, 2.24) is 4.98 Å². The van der Waals surface area contributed by atoms with Gasteiger partial charge in [0.1, 0.15) is 5.69 Å². The first-order valence-electron chi connectivity index (χ1n) is 6.09. The van der Waals surface area contributed by atoms with Gasteiger partial charge in [-0.05, 0) is 30.5 Å². The molecule has 0 N–H and O–H groups in total. The molecule has 19 heavy (non-hydrogen) atoms. The van der Waals surface area contributed by atoms with Crippen LogP contribution in [-0.4, -0.2) is 10.8 Å². The molecule has 0 bridgehead atoms. The fraction of sp³-hybridized carbons (Fsp3) is 0.286. The molecule has 3 rings (SSSR count). The number of rotatable bonds is 2. The number of fused-ring (bicyclic) bond motifs is 1. The zero-order chi connectivity index (χ0) is 13.4. The highest BCUT2D eigenvalue weighted by atomic mass is 35.5. The van der Waals surface area contributed by atoms with Crippen molar-refractivity contribution in [3.05, 3.63) is 49.4 Å². The van der Waals surface area contributed by atoms with Gasteiger partial charge in [0.05, 0.1) is 15.1 Å². The maximum Gasteiger partial charge on any atom is 0.182 e. The molecule has 0 saturated heterocycles. The van der Waals surface area contributed by atoms with Crippen LogP contribution in [0.25, 0.3) is 0 Å². The first-order valence-corrected chi connectivity index (χ1v) is 7.66. The van der Waals surface area contributed by atoms with Crippen LogP contribution in [0.3, 0.4) is 0 Å². The molecule has 0 amide bonds. The van der Waals surface area contributed by atoms with Crippen LogP contribution in [0.2, 0.25) is 10.0 Å². The van der Waals surface area contributed by atoms with Gasteiger partial charge < -0.3 is 0 Å². The van der Waals surface area contributed by atoms with Crippen LogP contribution < -0.4 is 0 Å². The molecule has 0 radical (unpaired) electrons. The Kier molecular flexibility index (Phi) is 3.61. The number of aromatic nitrogens is 1.